The maximum atomic E-state index is 6.83. The Hall–Kier alpha value is -9.24. The van der Waals surface area contributed by atoms with Gasteiger partial charge >= 0.3 is 0 Å². The summed E-state index contributed by atoms with van der Waals surface area (Å²) in [5, 5.41) is 7.09. The van der Waals surface area contributed by atoms with Crippen LogP contribution in [0.1, 0.15) is 48.6 Å². The fourth-order valence-electron chi connectivity index (χ4n) is 12.4. The van der Waals surface area contributed by atoms with Crippen LogP contribution >= 0.6 is 0 Å². The lowest BCUT2D eigenvalue weighted by atomic mass is 9.67. The number of furan rings is 1. The van der Waals surface area contributed by atoms with Gasteiger partial charge in [-0.25, -0.2) is 0 Å². The van der Waals surface area contributed by atoms with Gasteiger partial charge in [0.1, 0.15) is 11.2 Å². The van der Waals surface area contributed by atoms with E-state index in [0.29, 0.717) is 0 Å². The second kappa shape index (κ2) is 17.5. The fraction of sp³-hybridized carbons (Fsp3) is 0.0685. The van der Waals surface area contributed by atoms with Crippen LogP contribution in [0.5, 0.6) is 0 Å². The number of anilines is 3. The van der Waals surface area contributed by atoms with E-state index in [9.17, 15) is 0 Å². The number of benzene rings is 12. The molecule has 1 aliphatic rings. The summed E-state index contributed by atoms with van der Waals surface area (Å²) >= 11 is 0. The largest absolute Gasteiger partial charge is 0.456 e. The number of hydrogen-bond donors (Lipinski definition) is 0. The zero-order valence-corrected chi connectivity index (χ0v) is 42.3. The van der Waals surface area contributed by atoms with Gasteiger partial charge in [-0.2, -0.15) is 0 Å². The van der Waals surface area contributed by atoms with Gasteiger partial charge in [0.25, 0.3) is 0 Å². The Morgan fingerprint density at radius 2 is 0.960 bits per heavy atom. The van der Waals surface area contributed by atoms with Crippen molar-refractivity contribution in [3.63, 3.8) is 0 Å². The standard InChI is InChI=1S/C73H53NO/c1-72(2,3)53-39-35-48(36-40-53)51-22-16-23-54(45-51)73(65-31-14-12-29-61(65)62-30-13-15-32-66(62)73)55-24-17-27-57(47-55)74(56-25-8-5-9-26-56)67-33-18-34-69-71(67)64-46-52(38-44-68(64)75-69)58-42-43-60(49-19-6-4-7-20-49)70-59-28-11-10-21-50(59)37-41-63(58)70/h4-47H,1-3H3. The van der Waals surface area contributed by atoms with E-state index in [1.54, 1.807) is 0 Å². The average Bonchev–Trinajstić information content (AvgIpc) is 4.11. The summed E-state index contributed by atoms with van der Waals surface area (Å²) in [5.41, 5.74) is 20.3. The minimum absolute atomic E-state index is 0.0703. The van der Waals surface area contributed by atoms with Crippen LogP contribution in [0.3, 0.4) is 0 Å². The summed E-state index contributed by atoms with van der Waals surface area (Å²) in [4.78, 5) is 2.43. The summed E-state index contributed by atoms with van der Waals surface area (Å²) < 4.78 is 6.83. The number of nitrogens with zero attached hydrogens (tertiary/aromatic N) is 1. The molecule has 75 heavy (non-hydrogen) atoms. The van der Waals surface area contributed by atoms with Crippen molar-refractivity contribution < 1.29 is 4.42 Å². The van der Waals surface area contributed by atoms with Crippen LogP contribution in [0.25, 0.3) is 88.0 Å². The molecule has 0 atom stereocenters. The van der Waals surface area contributed by atoms with Gasteiger partial charge < -0.3 is 9.32 Å². The van der Waals surface area contributed by atoms with Gasteiger partial charge in [0, 0.05) is 16.8 Å². The zero-order chi connectivity index (χ0) is 50.3. The molecule has 1 heterocycles. The average molecular weight is 960 g/mol. The van der Waals surface area contributed by atoms with Crippen LogP contribution in [0.4, 0.5) is 17.1 Å². The monoisotopic (exact) mass is 959 g/mol. The van der Waals surface area contributed by atoms with E-state index in [4.69, 9.17) is 4.42 Å². The number of hydrogen-bond acceptors (Lipinski definition) is 2. The lowest BCUT2D eigenvalue weighted by molar-refractivity contribution is 0.590. The Bertz CT molecular complexity index is 4280. The second-order valence-corrected chi connectivity index (χ2v) is 21.2. The first kappa shape index (κ1) is 44.5. The first-order chi connectivity index (χ1) is 36.8. The second-order valence-electron chi connectivity index (χ2n) is 21.2. The summed E-state index contributed by atoms with van der Waals surface area (Å²) in [6.45, 7) is 6.83. The van der Waals surface area contributed by atoms with Gasteiger partial charge in [-0.05, 0) is 154 Å². The Morgan fingerprint density at radius 3 is 1.72 bits per heavy atom. The van der Waals surface area contributed by atoms with Crippen LogP contribution in [0, 0.1) is 0 Å². The maximum absolute atomic E-state index is 6.83. The molecule has 13 aromatic rings. The molecule has 0 radical (unpaired) electrons. The molecule has 2 heteroatoms. The molecule has 0 unspecified atom stereocenters. The molecule has 0 fully saturated rings. The first-order valence-corrected chi connectivity index (χ1v) is 26.2. The van der Waals surface area contributed by atoms with E-state index in [1.165, 1.54) is 88.3 Å². The molecule has 0 amide bonds. The van der Waals surface area contributed by atoms with E-state index in [1.807, 2.05) is 0 Å². The van der Waals surface area contributed by atoms with Gasteiger partial charge in [0.2, 0.25) is 0 Å². The van der Waals surface area contributed by atoms with Crippen molar-refractivity contribution in [3.8, 4) is 44.5 Å². The van der Waals surface area contributed by atoms with E-state index in [2.05, 4.69) is 293 Å². The molecular formula is C73H53NO. The lowest BCUT2D eigenvalue weighted by Crippen LogP contribution is -2.29. The molecule has 0 bridgehead atoms. The predicted molar refractivity (Wildman–Crippen MR) is 316 cm³/mol. The highest BCUT2D eigenvalue weighted by Crippen LogP contribution is 2.57. The van der Waals surface area contributed by atoms with Crippen LogP contribution in [-0.2, 0) is 10.8 Å². The van der Waals surface area contributed by atoms with Gasteiger partial charge in [-0.1, -0.05) is 233 Å². The van der Waals surface area contributed by atoms with Crippen molar-refractivity contribution in [3.05, 3.63) is 295 Å². The molecule has 0 spiro atoms. The number of rotatable bonds is 8. The Kier molecular flexibility index (Phi) is 10.4. The van der Waals surface area contributed by atoms with Gasteiger partial charge in [-0.3, -0.25) is 0 Å². The third kappa shape index (κ3) is 7.16. The van der Waals surface area contributed by atoms with Crippen LogP contribution in [-0.4, -0.2) is 0 Å². The first-order valence-electron chi connectivity index (χ1n) is 26.2. The van der Waals surface area contributed by atoms with Gasteiger partial charge in [0.15, 0.2) is 0 Å². The Morgan fingerprint density at radius 1 is 0.347 bits per heavy atom. The van der Waals surface area contributed by atoms with Crippen LogP contribution in [0.15, 0.2) is 271 Å². The van der Waals surface area contributed by atoms with Gasteiger partial charge in [-0.15, -0.1) is 0 Å². The highest BCUT2D eigenvalue weighted by Gasteiger charge is 2.46. The quantitative estimate of drug-likeness (QED) is 0.141. The molecule has 14 rings (SSSR count). The molecule has 0 saturated carbocycles. The molecule has 356 valence electrons. The fourth-order valence-corrected chi connectivity index (χ4v) is 12.4. The molecule has 12 aromatic carbocycles. The topological polar surface area (TPSA) is 16.4 Å². The maximum Gasteiger partial charge on any atom is 0.137 e. The van der Waals surface area contributed by atoms with Crippen molar-refractivity contribution in [1.29, 1.82) is 0 Å². The molecule has 0 saturated heterocycles. The van der Waals surface area contributed by atoms with E-state index in [0.717, 1.165) is 44.6 Å². The van der Waals surface area contributed by atoms with Crippen LogP contribution in [0.2, 0.25) is 0 Å². The van der Waals surface area contributed by atoms with Crippen LogP contribution < -0.4 is 4.90 Å². The zero-order valence-electron chi connectivity index (χ0n) is 42.3. The lowest BCUT2D eigenvalue weighted by Gasteiger charge is -2.35. The molecule has 1 aromatic heterocycles. The predicted octanol–water partition coefficient (Wildman–Crippen LogP) is 20.0. The summed E-state index contributed by atoms with van der Waals surface area (Å²) in [6.07, 6.45) is 0. The summed E-state index contributed by atoms with van der Waals surface area (Å²) in [6, 6.07) is 98.5. The SMILES string of the molecule is CC(C)(C)c1ccc(-c2cccc(C3(c4cccc(N(c5ccccc5)c5cccc6oc7ccc(-c8ccc(-c9ccccc9)c9c8ccc8ccccc89)cc7c56)c4)c4ccccc4-c4ccccc43)c2)cc1. The third-order valence-electron chi connectivity index (χ3n) is 15.9. The smallest absolute Gasteiger partial charge is 0.137 e. The van der Waals surface area contributed by atoms with E-state index >= 15 is 0 Å². The molecule has 1 aliphatic carbocycles. The Balaban J connectivity index is 0.970. The summed E-state index contributed by atoms with van der Waals surface area (Å²) in [5.74, 6) is 0. The van der Waals surface area contributed by atoms with Crippen molar-refractivity contribution in [2.45, 2.75) is 31.6 Å². The van der Waals surface area contributed by atoms with Gasteiger partial charge in [0.05, 0.1) is 16.5 Å². The van der Waals surface area contributed by atoms with Crippen molar-refractivity contribution >= 4 is 60.5 Å². The Labute approximate surface area is 438 Å². The number of para-hydroxylation sites is 1. The third-order valence-corrected chi connectivity index (χ3v) is 15.9. The highest BCUT2D eigenvalue weighted by molar-refractivity contribution is 6.19. The summed E-state index contributed by atoms with van der Waals surface area (Å²) in [7, 11) is 0. The minimum atomic E-state index is -0.625. The van der Waals surface area contributed by atoms with E-state index < -0.39 is 5.41 Å². The van der Waals surface area contributed by atoms with Crippen molar-refractivity contribution in [1.82, 2.24) is 0 Å². The molecule has 0 N–H and O–H groups in total. The highest BCUT2D eigenvalue weighted by atomic mass is 16.3. The molecule has 0 aliphatic heterocycles. The van der Waals surface area contributed by atoms with Crippen molar-refractivity contribution in [2.75, 3.05) is 4.90 Å². The minimum Gasteiger partial charge on any atom is -0.456 e. The molecule has 2 nitrogen and oxygen atoms in total. The normalized spacial score (nSPS) is 12.8. The van der Waals surface area contributed by atoms with E-state index in [-0.39, 0.29) is 5.41 Å². The number of fused-ring (bicyclic) bond motifs is 9. The van der Waals surface area contributed by atoms with Crippen molar-refractivity contribution in [2.24, 2.45) is 0 Å². The molecular weight excluding hydrogens is 907 g/mol.